The minimum absolute atomic E-state index is 0.188. The summed E-state index contributed by atoms with van der Waals surface area (Å²) >= 11 is 0. The Hall–Kier alpha value is -3.16. The molecule has 0 unspecified atom stereocenters. The summed E-state index contributed by atoms with van der Waals surface area (Å²) in [5, 5.41) is 13.5. The fraction of sp³-hybridized carbons (Fsp3) is 0.613. The number of aromatic nitrogens is 4. The first-order chi connectivity index (χ1) is 19.0. The predicted molar refractivity (Wildman–Crippen MR) is 154 cm³/mol. The third-order valence-corrected chi connectivity index (χ3v) is 9.52. The van der Waals surface area contributed by atoms with Crippen LogP contribution in [0.15, 0.2) is 30.3 Å². The van der Waals surface area contributed by atoms with E-state index in [1.165, 1.54) is 56.9 Å². The number of rotatable bonds is 8. The van der Waals surface area contributed by atoms with Gasteiger partial charge >= 0.3 is 5.97 Å². The second-order valence-electron chi connectivity index (χ2n) is 12.3. The fourth-order valence-electron chi connectivity index (χ4n) is 6.85. The number of carbonyl (C=O) groups is 1. The summed E-state index contributed by atoms with van der Waals surface area (Å²) in [6.07, 6.45) is 12.0. The van der Waals surface area contributed by atoms with Crippen molar-refractivity contribution < 1.29 is 9.90 Å². The van der Waals surface area contributed by atoms with Crippen LogP contribution in [0.3, 0.4) is 0 Å². The number of imidazole rings is 1. The van der Waals surface area contributed by atoms with Gasteiger partial charge in [0.15, 0.2) is 11.5 Å². The van der Waals surface area contributed by atoms with Gasteiger partial charge in [0.25, 0.3) is 0 Å². The van der Waals surface area contributed by atoms with Crippen LogP contribution in [0.5, 0.6) is 0 Å². The molecule has 1 saturated heterocycles. The molecular weight excluding hydrogens is 488 g/mol. The summed E-state index contributed by atoms with van der Waals surface area (Å²) in [5.41, 5.74) is 2.65. The summed E-state index contributed by atoms with van der Waals surface area (Å²) in [6.45, 7) is 6.33. The number of benzene rings is 1. The lowest BCUT2D eigenvalue weighted by Gasteiger charge is -2.38. The molecule has 2 N–H and O–H groups in total. The molecule has 2 saturated carbocycles. The largest absolute Gasteiger partial charge is 0.475 e. The molecule has 6 rings (SSSR count). The van der Waals surface area contributed by atoms with Crippen molar-refractivity contribution in [1.82, 2.24) is 19.5 Å². The molecule has 1 aliphatic heterocycles. The van der Waals surface area contributed by atoms with Gasteiger partial charge in [0, 0.05) is 19.1 Å². The molecule has 208 valence electrons. The summed E-state index contributed by atoms with van der Waals surface area (Å²) in [4.78, 5) is 28.7. The number of fused-ring (bicyclic) bond motifs is 1. The molecule has 2 aromatic heterocycles. The molecular formula is C31H42N6O2. The highest BCUT2D eigenvalue weighted by Gasteiger charge is 2.33. The average Bonchev–Trinajstić information content (AvgIpc) is 3.27. The Morgan fingerprint density at radius 3 is 2.46 bits per heavy atom. The molecule has 0 spiro atoms. The maximum absolute atomic E-state index is 12.1. The van der Waals surface area contributed by atoms with Crippen molar-refractivity contribution in [2.75, 3.05) is 16.8 Å². The lowest BCUT2D eigenvalue weighted by Crippen LogP contribution is -2.36. The molecule has 0 amide bonds. The van der Waals surface area contributed by atoms with E-state index >= 15 is 0 Å². The molecule has 3 heterocycles. The van der Waals surface area contributed by atoms with Gasteiger partial charge in [-0.2, -0.15) is 4.98 Å². The standard InChI is InChI=1S/C31H42N6O2/c1-20-14-16-22(17-15-20)19-37-26-27(32-21(2)23-11-8-12-23)33-29(30(38)39)34-28(26)35-31(37)36-18-7-6-13-25(36)24-9-4-3-5-10-24/h3-5,9-10,20-23,25H,6-8,11-19H2,1-2H3,(H,38,39)(H,32,33,34)/t20-,21-,22-,25+/m1/s1. The molecule has 2 aliphatic carbocycles. The number of aromatic carboxylic acids is 1. The number of anilines is 2. The Kier molecular flexibility index (Phi) is 7.45. The van der Waals surface area contributed by atoms with E-state index < -0.39 is 5.97 Å². The zero-order chi connectivity index (χ0) is 26.9. The van der Waals surface area contributed by atoms with Gasteiger partial charge in [-0.15, -0.1) is 0 Å². The SMILES string of the molecule is C[C@@H](Nc1nc(C(=O)O)nc2nc(N3CCCC[C@H]3c3ccccc3)n(C[C@H]3CC[C@H](C)CC3)c12)C1CCC1. The van der Waals surface area contributed by atoms with Crippen LogP contribution < -0.4 is 10.2 Å². The number of hydrogen-bond donors (Lipinski definition) is 2. The smallest absolute Gasteiger partial charge is 0.374 e. The van der Waals surface area contributed by atoms with E-state index in [4.69, 9.17) is 4.98 Å². The number of hydrogen-bond acceptors (Lipinski definition) is 6. The molecule has 3 fully saturated rings. The highest BCUT2D eigenvalue weighted by Crippen LogP contribution is 2.40. The molecule has 2 atom stereocenters. The first kappa shape index (κ1) is 26.1. The maximum atomic E-state index is 12.1. The summed E-state index contributed by atoms with van der Waals surface area (Å²) in [6, 6.07) is 11.2. The Labute approximate surface area is 231 Å². The van der Waals surface area contributed by atoms with Crippen molar-refractivity contribution in [3.05, 3.63) is 41.7 Å². The topological polar surface area (TPSA) is 96.2 Å². The lowest BCUT2D eigenvalue weighted by atomic mass is 9.80. The number of carboxylic acid groups (broad SMARTS) is 1. The summed E-state index contributed by atoms with van der Waals surface area (Å²) < 4.78 is 2.35. The van der Waals surface area contributed by atoms with Crippen molar-refractivity contribution in [1.29, 1.82) is 0 Å². The maximum Gasteiger partial charge on any atom is 0.374 e. The van der Waals surface area contributed by atoms with Crippen molar-refractivity contribution in [2.24, 2.45) is 17.8 Å². The third kappa shape index (κ3) is 5.35. The predicted octanol–water partition coefficient (Wildman–Crippen LogP) is 6.68. The molecule has 1 aromatic carbocycles. The first-order valence-corrected chi connectivity index (χ1v) is 15.1. The van der Waals surface area contributed by atoms with E-state index in [0.717, 1.165) is 43.3 Å². The minimum Gasteiger partial charge on any atom is -0.475 e. The van der Waals surface area contributed by atoms with Gasteiger partial charge in [-0.05, 0) is 75.2 Å². The van der Waals surface area contributed by atoms with Crippen LogP contribution in [0.1, 0.15) is 100 Å². The van der Waals surface area contributed by atoms with E-state index in [1.54, 1.807) is 0 Å². The van der Waals surface area contributed by atoms with E-state index in [9.17, 15) is 9.90 Å². The van der Waals surface area contributed by atoms with Crippen molar-refractivity contribution in [3.63, 3.8) is 0 Å². The van der Waals surface area contributed by atoms with Gasteiger partial charge in [0.2, 0.25) is 11.8 Å². The molecule has 3 aliphatic rings. The average molecular weight is 531 g/mol. The Bertz CT molecular complexity index is 1300. The Balaban J connectivity index is 1.47. The van der Waals surface area contributed by atoms with Crippen molar-refractivity contribution >= 4 is 28.9 Å². The van der Waals surface area contributed by atoms with E-state index in [2.05, 4.69) is 68.9 Å². The van der Waals surface area contributed by atoms with Gasteiger partial charge in [0.05, 0.1) is 6.04 Å². The highest BCUT2D eigenvalue weighted by atomic mass is 16.4. The van der Waals surface area contributed by atoms with Crippen LogP contribution in [0.4, 0.5) is 11.8 Å². The Morgan fingerprint density at radius 2 is 1.77 bits per heavy atom. The van der Waals surface area contributed by atoms with E-state index in [0.29, 0.717) is 23.3 Å². The van der Waals surface area contributed by atoms with Gasteiger partial charge < -0.3 is 19.9 Å². The van der Waals surface area contributed by atoms with E-state index in [1.807, 2.05) is 0 Å². The van der Waals surface area contributed by atoms with E-state index in [-0.39, 0.29) is 17.9 Å². The molecule has 8 nitrogen and oxygen atoms in total. The summed E-state index contributed by atoms with van der Waals surface area (Å²) in [5.74, 6) is 2.16. The quantitative estimate of drug-likeness (QED) is 0.335. The van der Waals surface area contributed by atoms with Crippen LogP contribution in [0, 0.1) is 17.8 Å². The Morgan fingerprint density at radius 1 is 1.00 bits per heavy atom. The van der Waals surface area contributed by atoms with Gasteiger partial charge in [-0.25, -0.2) is 14.8 Å². The van der Waals surface area contributed by atoms with Gasteiger partial charge in [0.1, 0.15) is 5.52 Å². The van der Waals surface area contributed by atoms with Crippen LogP contribution in [0.25, 0.3) is 11.2 Å². The normalized spacial score (nSPS) is 24.9. The lowest BCUT2D eigenvalue weighted by molar-refractivity contribution is 0.0684. The first-order valence-electron chi connectivity index (χ1n) is 15.1. The highest BCUT2D eigenvalue weighted by molar-refractivity contribution is 5.91. The molecule has 0 bridgehead atoms. The fourth-order valence-corrected chi connectivity index (χ4v) is 6.85. The molecule has 3 aromatic rings. The second kappa shape index (κ2) is 11.1. The van der Waals surface area contributed by atoms with Gasteiger partial charge in [-0.1, -0.05) is 56.5 Å². The third-order valence-electron chi connectivity index (χ3n) is 9.52. The second-order valence-corrected chi connectivity index (χ2v) is 12.3. The van der Waals surface area contributed by atoms with Crippen LogP contribution >= 0.6 is 0 Å². The van der Waals surface area contributed by atoms with Crippen molar-refractivity contribution in [3.8, 4) is 0 Å². The monoisotopic (exact) mass is 530 g/mol. The number of carboxylic acids is 1. The number of piperidine rings is 1. The minimum atomic E-state index is -1.12. The van der Waals surface area contributed by atoms with Crippen LogP contribution in [-0.4, -0.2) is 43.2 Å². The zero-order valence-electron chi connectivity index (χ0n) is 23.4. The number of nitrogens with one attached hydrogen (secondary N) is 1. The molecule has 0 radical (unpaired) electrons. The number of nitrogens with zero attached hydrogens (tertiary/aromatic N) is 5. The van der Waals surface area contributed by atoms with Gasteiger partial charge in [-0.3, -0.25) is 0 Å². The van der Waals surface area contributed by atoms with Crippen LogP contribution in [0.2, 0.25) is 0 Å². The summed E-state index contributed by atoms with van der Waals surface area (Å²) in [7, 11) is 0. The molecule has 39 heavy (non-hydrogen) atoms. The zero-order valence-corrected chi connectivity index (χ0v) is 23.4. The molecule has 8 heteroatoms. The van der Waals surface area contributed by atoms with Crippen LogP contribution in [-0.2, 0) is 6.54 Å². The van der Waals surface area contributed by atoms with Crippen molar-refractivity contribution in [2.45, 2.75) is 96.7 Å².